The molecule has 3 N–H and O–H groups in total. The van der Waals surface area contributed by atoms with Crippen molar-refractivity contribution in [2.24, 2.45) is 17.6 Å². The number of nitrogens with one attached hydrogen (secondary N) is 1. The maximum absolute atomic E-state index is 12.0. The van der Waals surface area contributed by atoms with Gasteiger partial charge in [0.05, 0.1) is 0 Å². The van der Waals surface area contributed by atoms with Crippen molar-refractivity contribution in [3.8, 4) is 0 Å². The van der Waals surface area contributed by atoms with Crippen LogP contribution in [0.25, 0.3) is 0 Å². The molecule has 0 aliphatic carbocycles. The van der Waals surface area contributed by atoms with Crippen LogP contribution in [0.3, 0.4) is 0 Å². The first kappa shape index (κ1) is 14.9. The molecule has 102 valence electrons. The largest absolute Gasteiger partial charge is 0.328 e. The van der Waals surface area contributed by atoms with Crippen molar-refractivity contribution < 1.29 is 8.42 Å². The van der Waals surface area contributed by atoms with Crippen LogP contribution in [-0.2, 0) is 10.2 Å². The molecule has 1 saturated heterocycles. The average molecular weight is 263 g/mol. The Hall–Kier alpha value is -0.170. The van der Waals surface area contributed by atoms with Crippen LogP contribution in [0.5, 0.6) is 0 Å². The van der Waals surface area contributed by atoms with Crippen LogP contribution in [0.2, 0.25) is 0 Å². The maximum Gasteiger partial charge on any atom is 0.279 e. The molecule has 1 fully saturated rings. The third-order valence-electron chi connectivity index (χ3n) is 3.26. The van der Waals surface area contributed by atoms with Crippen molar-refractivity contribution in [3.05, 3.63) is 0 Å². The van der Waals surface area contributed by atoms with Gasteiger partial charge in [-0.3, -0.25) is 0 Å². The minimum Gasteiger partial charge on any atom is -0.328 e. The van der Waals surface area contributed by atoms with E-state index in [9.17, 15) is 8.42 Å². The number of rotatable bonds is 5. The smallest absolute Gasteiger partial charge is 0.279 e. The predicted molar refractivity (Wildman–Crippen MR) is 69.7 cm³/mol. The SMILES string of the molecule is CC(C)CNS(=O)(=O)N1CCC(C(C)N)CC1. The van der Waals surface area contributed by atoms with Crippen molar-refractivity contribution in [2.45, 2.75) is 39.7 Å². The van der Waals surface area contributed by atoms with Crippen LogP contribution in [-0.4, -0.2) is 38.4 Å². The third-order valence-corrected chi connectivity index (χ3v) is 4.83. The minimum absolute atomic E-state index is 0.156. The minimum atomic E-state index is -3.29. The van der Waals surface area contributed by atoms with E-state index in [1.54, 1.807) is 0 Å². The van der Waals surface area contributed by atoms with Gasteiger partial charge in [0.15, 0.2) is 0 Å². The average Bonchev–Trinajstić information content (AvgIpc) is 2.27. The lowest BCUT2D eigenvalue weighted by molar-refractivity contribution is 0.248. The summed E-state index contributed by atoms with van der Waals surface area (Å²) < 4.78 is 28.1. The second kappa shape index (κ2) is 6.13. The monoisotopic (exact) mass is 263 g/mol. The van der Waals surface area contributed by atoms with Gasteiger partial charge in [-0.1, -0.05) is 13.8 Å². The van der Waals surface area contributed by atoms with Crippen molar-refractivity contribution in [3.63, 3.8) is 0 Å². The number of hydrogen-bond donors (Lipinski definition) is 2. The zero-order chi connectivity index (χ0) is 13.1. The van der Waals surface area contributed by atoms with Gasteiger partial charge in [-0.25, -0.2) is 4.72 Å². The highest BCUT2D eigenvalue weighted by Gasteiger charge is 2.28. The van der Waals surface area contributed by atoms with E-state index >= 15 is 0 Å². The van der Waals surface area contributed by atoms with E-state index in [1.807, 2.05) is 20.8 Å². The van der Waals surface area contributed by atoms with Crippen molar-refractivity contribution in [1.82, 2.24) is 9.03 Å². The summed E-state index contributed by atoms with van der Waals surface area (Å²) in [6.07, 6.45) is 1.72. The van der Waals surface area contributed by atoms with Crippen LogP contribution in [0.1, 0.15) is 33.6 Å². The maximum atomic E-state index is 12.0. The van der Waals surface area contributed by atoms with Gasteiger partial charge < -0.3 is 5.73 Å². The molecule has 0 aromatic rings. The second-order valence-corrected chi connectivity index (χ2v) is 7.10. The van der Waals surface area contributed by atoms with Crippen LogP contribution >= 0.6 is 0 Å². The molecule has 1 unspecified atom stereocenters. The van der Waals surface area contributed by atoms with Crippen molar-refractivity contribution in [1.29, 1.82) is 0 Å². The van der Waals surface area contributed by atoms with E-state index < -0.39 is 10.2 Å². The number of hydrogen-bond acceptors (Lipinski definition) is 3. The summed E-state index contributed by atoms with van der Waals surface area (Å²) in [4.78, 5) is 0. The lowest BCUT2D eigenvalue weighted by Gasteiger charge is -2.33. The molecule has 0 bridgehead atoms. The molecule has 1 aliphatic heterocycles. The second-order valence-electron chi connectivity index (χ2n) is 5.34. The molecule has 0 amide bonds. The first-order valence-corrected chi connectivity index (χ1v) is 7.77. The molecule has 0 saturated carbocycles. The van der Waals surface area contributed by atoms with E-state index in [-0.39, 0.29) is 6.04 Å². The van der Waals surface area contributed by atoms with E-state index in [0.717, 1.165) is 12.8 Å². The van der Waals surface area contributed by atoms with Gasteiger partial charge in [-0.2, -0.15) is 12.7 Å². The summed E-state index contributed by atoms with van der Waals surface area (Å²) in [5.74, 6) is 0.776. The van der Waals surface area contributed by atoms with E-state index in [4.69, 9.17) is 5.73 Å². The Bertz CT molecular complexity index is 320. The van der Waals surface area contributed by atoms with Crippen LogP contribution < -0.4 is 10.5 Å². The molecule has 6 heteroatoms. The lowest BCUT2D eigenvalue weighted by atomic mass is 9.92. The van der Waals surface area contributed by atoms with Crippen LogP contribution in [0.15, 0.2) is 0 Å². The lowest BCUT2D eigenvalue weighted by Crippen LogP contribution is -2.47. The van der Waals surface area contributed by atoms with Gasteiger partial charge in [-0.15, -0.1) is 0 Å². The molecule has 0 aromatic carbocycles. The molecule has 1 atom stereocenters. The highest BCUT2D eigenvalue weighted by Crippen LogP contribution is 2.21. The molecule has 5 nitrogen and oxygen atoms in total. The zero-order valence-corrected chi connectivity index (χ0v) is 11.8. The van der Waals surface area contributed by atoms with E-state index in [1.165, 1.54) is 4.31 Å². The fourth-order valence-electron chi connectivity index (χ4n) is 2.01. The van der Waals surface area contributed by atoms with Crippen LogP contribution in [0, 0.1) is 11.8 Å². The summed E-state index contributed by atoms with van der Waals surface area (Å²) in [5, 5.41) is 0. The summed E-state index contributed by atoms with van der Waals surface area (Å²) in [6.45, 7) is 7.64. The molecule has 1 heterocycles. The normalized spacial score (nSPS) is 21.9. The standard InChI is InChI=1S/C11H25N3O2S/c1-9(2)8-13-17(15,16)14-6-4-11(5-7-14)10(3)12/h9-11,13H,4-8,12H2,1-3H3. The summed E-state index contributed by atoms with van der Waals surface area (Å²) in [5.41, 5.74) is 5.84. The van der Waals surface area contributed by atoms with Crippen molar-refractivity contribution in [2.75, 3.05) is 19.6 Å². The Morgan fingerprint density at radius 1 is 1.29 bits per heavy atom. The number of piperidine rings is 1. The third kappa shape index (κ3) is 4.54. The first-order valence-electron chi connectivity index (χ1n) is 6.33. The number of nitrogens with zero attached hydrogens (tertiary/aromatic N) is 1. The zero-order valence-electron chi connectivity index (χ0n) is 11.0. The first-order chi connectivity index (χ1) is 7.83. The van der Waals surface area contributed by atoms with Gasteiger partial charge in [0, 0.05) is 25.7 Å². The number of nitrogens with two attached hydrogens (primary N) is 1. The fourth-order valence-corrected chi connectivity index (χ4v) is 3.42. The Morgan fingerprint density at radius 3 is 2.24 bits per heavy atom. The Morgan fingerprint density at radius 2 is 1.82 bits per heavy atom. The molecule has 1 rings (SSSR count). The Balaban J connectivity index is 2.47. The molecular weight excluding hydrogens is 238 g/mol. The fraction of sp³-hybridized carbons (Fsp3) is 1.00. The summed E-state index contributed by atoms with van der Waals surface area (Å²) >= 11 is 0. The molecule has 17 heavy (non-hydrogen) atoms. The van der Waals surface area contributed by atoms with Gasteiger partial charge >= 0.3 is 0 Å². The van der Waals surface area contributed by atoms with Crippen molar-refractivity contribution >= 4 is 10.2 Å². The van der Waals surface area contributed by atoms with E-state index in [2.05, 4.69) is 4.72 Å². The van der Waals surface area contributed by atoms with E-state index in [0.29, 0.717) is 31.5 Å². The summed E-state index contributed by atoms with van der Waals surface area (Å²) in [7, 11) is -3.29. The molecule has 1 aliphatic rings. The van der Waals surface area contributed by atoms with Gasteiger partial charge in [-0.05, 0) is 31.6 Å². The molecule has 0 spiro atoms. The van der Waals surface area contributed by atoms with Gasteiger partial charge in [0.1, 0.15) is 0 Å². The van der Waals surface area contributed by atoms with Gasteiger partial charge in [0.25, 0.3) is 10.2 Å². The Kier molecular flexibility index (Phi) is 5.37. The van der Waals surface area contributed by atoms with Gasteiger partial charge in [0.2, 0.25) is 0 Å². The highest BCUT2D eigenvalue weighted by atomic mass is 32.2. The molecule has 0 radical (unpaired) electrons. The quantitative estimate of drug-likeness (QED) is 0.760. The molecular formula is C11H25N3O2S. The topological polar surface area (TPSA) is 75.4 Å². The predicted octanol–water partition coefficient (Wildman–Crippen LogP) is 0.536. The highest BCUT2D eigenvalue weighted by molar-refractivity contribution is 7.87. The van der Waals surface area contributed by atoms with Crippen LogP contribution in [0.4, 0.5) is 0 Å². The molecule has 0 aromatic heterocycles. The summed E-state index contributed by atoms with van der Waals surface area (Å²) in [6, 6.07) is 0.156. The Labute approximate surface area is 105 Å².